The highest BCUT2D eigenvalue weighted by atomic mass is 35.5. The van der Waals surface area contributed by atoms with Crippen molar-refractivity contribution in [2.45, 2.75) is 18.2 Å². The molecule has 1 aliphatic heterocycles. The lowest BCUT2D eigenvalue weighted by molar-refractivity contribution is 0.0849. The van der Waals surface area contributed by atoms with Gasteiger partial charge in [-0.3, -0.25) is 9.69 Å². The number of hydrogen-bond acceptors (Lipinski definition) is 5. The van der Waals surface area contributed by atoms with E-state index >= 15 is 0 Å². The van der Waals surface area contributed by atoms with Crippen LogP contribution in [0.1, 0.15) is 22.3 Å². The summed E-state index contributed by atoms with van der Waals surface area (Å²) in [4.78, 5) is 19.2. The molecule has 1 fully saturated rings. The fraction of sp³-hybridized carbons (Fsp3) is 0.263. The molecule has 148 valence electrons. The highest BCUT2D eigenvalue weighted by molar-refractivity contribution is 8.13. The average molecular weight is 457 g/mol. The Balaban J connectivity index is 1.97. The molecule has 9 heteroatoms. The van der Waals surface area contributed by atoms with Crippen molar-refractivity contribution in [2.24, 2.45) is 4.99 Å². The van der Waals surface area contributed by atoms with Crippen molar-refractivity contribution < 1.29 is 13.2 Å². The summed E-state index contributed by atoms with van der Waals surface area (Å²) >= 11 is 13.6. The Hall–Kier alpha value is -1.54. The molecule has 2 aromatic carbocycles. The molecule has 1 aliphatic rings. The number of hydrogen-bond donors (Lipinski definition) is 0. The second kappa shape index (κ2) is 8.45. The fourth-order valence-electron chi connectivity index (χ4n) is 2.68. The highest BCUT2D eigenvalue weighted by Gasteiger charge is 2.26. The second-order valence-electron chi connectivity index (χ2n) is 6.40. The number of sulfone groups is 1. The molecule has 3 rings (SSSR count). The summed E-state index contributed by atoms with van der Waals surface area (Å²) in [5.74, 6) is 0.531. The third-order valence-electron chi connectivity index (χ3n) is 4.19. The van der Waals surface area contributed by atoms with E-state index in [1.54, 1.807) is 11.0 Å². The molecule has 2 aromatic rings. The van der Waals surface area contributed by atoms with Crippen molar-refractivity contribution in [3.05, 3.63) is 57.6 Å². The molecule has 0 aliphatic carbocycles. The van der Waals surface area contributed by atoms with Gasteiger partial charge in [0.25, 0.3) is 5.91 Å². The monoisotopic (exact) mass is 456 g/mol. The highest BCUT2D eigenvalue weighted by Crippen LogP contribution is 2.28. The zero-order valence-corrected chi connectivity index (χ0v) is 18.4. The standard InChI is InChI=1S/C19H18Cl2N2O3S2/c1-12-4-6-14(11-16(12)21)22-19-23(8-3-9-27-19)18(24)13-5-7-15(20)17(10-13)28(2,25)26/h4-7,10-11H,3,8-9H2,1-2H3. The van der Waals surface area contributed by atoms with Gasteiger partial charge in [0.2, 0.25) is 0 Å². The summed E-state index contributed by atoms with van der Waals surface area (Å²) in [5.41, 5.74) is 1.86. The third-order valence-corrected chi connectivity index (χ3v) is 7.24. The van der Waals surface area contributed by atoms with Gasteiger partial charge in [0.1, 0.15) is 0 Å². The molecule has 0 N–H and O–H groups in total. The zero-order valence-electron chi connectivity index (χ0n) is 15.3. The van der Waals surface area contributed by atoms with Crippen LogP contribution in [-0.2, 0) is 9.84 Å². The van der Waals surface area contributed by atoms with Gasteiger partial charge < -0.3 is 0 Å². The average Bonchev–Trinajstić information content (AvgIpc) is 2.64. The van der Waals surface area contributed by atoms with Crippen molar-refractivity contribution in [3.63, 3.8) is 0 Å². The van der Waals surface area contributed by atoms with Gasteiger partial charge in [-0.25, -0.2) is 13.4 Å². The number of thioether (sulfide) groups is 1. The number of rotatable bonds is 3. The molecule has 0 atom stereocenters. The van der Waals surface area contributed by atoms with Crippen LogP contribution in [0.3, 0.4) is 0 Å². The predicted molar refractivity (Wildman–Crippen MR) is 116 cm³/mol. The molecule has 1 amide bonds. The van der Waals surface area contributed by atoms with E-state index in [1.165, 1.54) is 30.0 Å². The minimum atomic E-state index is -3.54. The number of nitrogens with zero attached hydrogens (tertiary/aromatic N) is 2. The summed E-state index contributed by atoms with van der Waals surface area (Å²) in [6.45, 7) is 2.41. The second-order valence-corrected chi connectivity index (χ2v) is 10.3. The minimum absolute atomic E-state index is 0.0616. The van der Waals surface area contributed by atoms with Crippen molar-refractivity contribution in [2.75, 3.05) is 18.6 Å². The maximum absolute atomic E-state index is 13.1. The van der Waals surface area contributed by atoms with Crippen LogP contribution >= 0.6 is 35.0 Å². The van der Waals surface area contributed by atoms with Gasteiger partial charge in [-0.05, 0) is 49.2 Å². The lowest BCUT2D eigenvalue weighted by Gasteiger charge is -2.28. The molecule has 1 saturated heterocycles. The van der Waals surface area contributed by atoms with Gasteiger partial charge in [0.15, 0.2) is 15.0 Å². The first kappa shape index (κ1) is 21.2. The summed E-state index contributed by atoms with van der Waals surface area (Å²) in [6, 6.07) is 9.75. The van der Waals surface area contributed by atoms with Crippen LogP contribution in [0.4, 0.5) is 5.69 Å². The first-order chi connectivity index (χ1) is 13.2. The Labute approximate surface area is 178 Å². The van der Waals surface area contributed by atoms with Crippen molar-refractivity contribution >= 4 is 61.6 Å². The van der Waals surface area contributed by atoms with Gasteiger partial charge in [-0.15, -0.1) is 0 Å². The van der Waals surface area contributed by atoms with E-state index in [2.05, 4.69) is 4.99 Å². The Bertz CT molecular complexity index is 1070. The maximum Gasteiger partial charge on any atom is 0.259 e. The SMILES string of the molecule is Cc1ccc(N=C2SCCCN2C(=O)c2ccc(Cl)c(S(C)(=O)=O)c2)cc1Cl. The first-order valence-corrected chi connectivity index (χ1v) is 12.1. The molecule has 0 spiro atoms. The number of amides is 1. The van der Waals surface area contributed by atoms with Gasteiger partial charge in [-0.1, -0.05) is 41.0 Å². The Morgan fingerprint density at radius 2 is 1.89 bits per heavy atom. The van der Waals surface area contributed by atoms with E-state index in [1.807, 2.05) is 19.1 Å². The number of aliphatic imine (C=N–C) groups is 1. The first-order valence-electron chi connectivity index (χ1n) is 8.46. The Morgan fingerprint density at radius 3 is 2.57 bits per heavy atom. The van der Waals surface area contributed by atoms with E-state index < -0.39 is 9.84 Å². The molecule has 0 unspecified atom stereocenters. The van der Waals surface area contributed by atoms with Crippen molar-refractivity contribution in [1.82, 2.24) is 4.90 Å². The van der Waals surface area contributed by atoms with Crippen LogP contribution in [0.25, 0.3) is 0 Å². The van der Waals surface area contributed by atoms with E-state index in [0.29, 0.717) is 22.4 Å². The largest absolute Gasteiger partial charge is 0.287 e. The number of carbonyl (C=O) groups excluding carboxylic acids is 1. The molecular formula is C19H18Cl2N2O3S2. The summed E-state index contributed by atoms with van der Waals surface area (Å²) in [5, 5.41) is 1.26. The predicted octanol–water partition coefficient (Wildman–Crippen LogP) is 4.97. The Kier molecular flexibility index (Phi) is 6.39. The molecule has 5 nitrogen and oxygen atoms in total. The van der Waals surface area contributed by atoms with Crippen LogP contribution in [-0.4, -0.2) is 42.9 Å². The topological polar surface area (TPSA) is 66.8 Å². The van der Waals surface area contributed by atoms with Crippen LogP contribution in [0, 0.1) is 6.92 Å². The molecular weight excluding hydrogens is 439 g/mol. The van der Waals surface area contributed by atoms with E-state index in [9.17, 15) is 13.2 Å². The fourth-order valence-corrected chi connectivity index (χ4v) is 5.11. The molecule has 0 saturated carbocycles. The molecule has 28 heavy (non-hydrogen) atoms. The number of benzene rings is 2. The lowest BCUT2D eigenvalue weighted by Crippen LogP contribution is -2.39. The lowest BCUT2D eigenvalue weighted by atomic mass is 10.2. The van der Waals surface area contributed by atoms with Crippen LogP contribution < -0.4 is 0 Å². The van der Waals surface area contributed by atoms with Crippen LogP contribution in [0.15, 0.2) is 46.3 Å². The number of carbonyl (C=O) groups is 1. The van der Waals surface area contributed by atoms with Crippen molar-refractivity contribution in [1.29, 1.82) is 0 Å². The van der Waals surface area contributed by atoms with E-state index in [0.717, 1.165) is 24.0 Å². The summed E-state index contributed by atoms with van der Waals surface area (Å²) < 4.78 is 23.8. The molecule has 0 radical (unpaired) electrons. The van der Waals surface area contributed by atoms with Gasteiger partial charge in [0, 0.05) is 29.1 Å². The third kappa shape index (κ3) is 4.71. The summed E-state index contributed by atoms with van der Waals surface area (Å²) in [6.07, 6.45) is 1.88. The van der Waals surface area contributed by atoms with Crippen LogP contribution in [0.2, 0.25) is 10.0 Å². The van der Waals surface area contributed by atoms with Crippen molar-refractivity contribution in [3.8, 4) is 0 Å². The zero-order chi connectivity index (χ0) is 20.5. The Morgan fingerprint density at radius 1 is 1.14 bits per heavy atom. The number of amidine groups is 1. The maximum atomic E-state index is 13.1. The molecule has 0 bridgehead atoms. The number of halogens is 2. The van der Waals surface area contributed by atoms with E-state index in [4.69, 9.17) is 23.2 Å². The normalized spacial score (nSPS) is 16.4. The molecule has 0 aromatic heterocycles. The smallest absolute Gasteiger partial charge is 0.259 e. The van der Waals surface area contributed by atoms with Crippen LogP contribution in [0.5, 0.6) is 0 Å². The van der Waals surface area contributed by atoms with Gasteiger partial charge in [0.05, 0.1) is 15.6 Å². The quantitative estimate of drug-likeness (QED) is 0.653. The number of aryl methyl sites for hydroxylation is 1. The molecule has 1 heterocycles. The van der Waals surface area contributed by atoms with E-state index in [-0.39, 0.29) is 21.4 Å². The van der Waals surface area contributed by atoms with Gasteiger partial charge >= 0.3 is 0 Å². The van der Waals surface area contributed by atoms with Gasteiger partial charge in [-0.2, -0.15) is 0 Å². The summed E-state index contributed by atoms with van der Waals surface area (Å²) in [7, 11) is -3.54. The minimum Gasteiger partial charge on any atom is -0.287 e.